The zero-order chi connectivity index (χ0) is 21.1. The van der Waals surface area contributed by atoms with Crippen molar-refractivity contribution in [2.75, 3.05) is 18.0 Å². The molecule has 30 heavy (non-hydrogen) atoms. The second-order valence-electron chi connectivity index (χ2n) is 7.54. The summed E-state index contributed by atoms with van der Waals surface area (Å²) in [5.74, 6) is -0.284. The van der Waals surface area contributed by atoms with E-state index < -0.39 is 11.8 Å². The number of primary amides is 1. The van der Waals surface area contributed by atoms with Crippen molar-refractivity contribution < 1.29 is 4.79 Å². The molecule has 1 aromatic carbocycles. The molecule has 1 fully saturated rings. The highest BCUT2D eigenvalue weighted by molar-refractivity contribution is 5.84. The van der Waals surface area contributed by atoms with Crippen LogP contribution in [0.3, 0.4) is 0 Å². The molecule has 0 bridgehead atoms. The van der Waals surface area contributed by atoms with Gasteiger partial charge in [-0.3, -0.25) is 4.79 Å². The van der Waals surface area contributed by atoms with E-state index in [4.69, 9.17) is 11.0 Å². The second kappa shape index (κ2) is 8.33. The molecule has 0 spiro atoms. The fraction of sp³-hybridized carbons (Fsp3) is 0.318. The fourth-order valence-corrected chi connectivity index (χ4v) is 3.81. The summed E-state index contributed by atoms with van der Waals surface area (Å²) in [5.41, 5.74) is 9.40. The van der Waals surface area contributed by atoms with E-state index in [1.807, 2.05) is 31.2 Å². The Kier molecular flexibility index (Phi) is 5.44. The Balaban J connectivity index is 1.54. The number of nitriles is 1. The Morgan fingerprint density at radius 3 is 2.67 bits per heavy atom. The number of carbonyl (C=O) groups is 1. The number of nitrogens with two attached hydrogens (primary N) is 1. The maximum Gasteiger partial charge on any atom is 0.231 e. The van der Waals surface area contributed by atoms with Gasteiger partial charge >= 0.3 is 0 Å². The standard InChI is InChI=1S/C22H23N7O/c1-15-10-16(4-5-17(15)11-23)14-29-26-13-19(27-29)21(22(24)30)18-6-7-20(25-12-18)28-8-2-3-9-28/h4-7,10,12-13,21H,2-3,8-9,14H2,1H3,(H2,24,30). The van der Waals surface area contributed by atoms with Crippen LogP contribution in [0.15, 0.2) is 42.7 Å². The molecule has 1 atom stereocenters. The number of carbonyl (C=O) groups excluding carboxylic acids is 1. The topological polar surface area (TPSA) is 114 Å². The summed E-state index contributed by atoms with van der Waals surface area (Å²) in [5, 5.41) is 17.8. The Bertz CT molecular complexity index is 1090. The first-order chi connectivity index (χ1) is 14.5. The van der Waals surface area contributed by atoms with Crippen molar-refractivity contribution in [2.24, 2.45) is 5.73 Å². The third kappa shape index (κ3) is 4.01. The van der Waals surface area contributed by atoms with Crippen LogP contribution in [0, 0.1) is 18.3 Å². The first-order valence-electron chi connectivity index (χ1n) is 9.95. The predicted octanol–water partition coefficient (Wildman–Crippen LogP) is 2.12. The van der Waals surface area contributed by atoms with Gasteiger partial charge in [-0.05, 0) is 48.6 Å². The minimum atomic E-state index is -0.707. The smallest absolute Gasteiger partial charge is 0.231 e. The zero-order valence-electron chi connectivity index (χ0n) is 16.8. The molecule has 3 aromatic rings. The molecule has 0 radical (unpaired) electrons. The lowest BCUT2D eigenvalue weighted by molar-refractivity contribution is -0.118. The van der Waals surface area contributed by atoms with Gasteiger partial charge in [0.15, 0.2) is 0 Å². The zero-order valence-corrected chi connectivity index (χ0v) is 16.8. The fourth-order valence-electron chi connectivity index (χ4n) is 3.81. The molecule has 1 unspecified atom stereocenters. The quantitative estimate of drug-likeness (QED) is 0.677. The van der Waals surface area contributed by atoms with E-state index in [-0.39, 0.29) is 0 Å². The number of hydrogen-bond donors (Lipinski definition) is 1. The molecule has 2 aromatic heterocycles. The van der Waals surface area contributed by atoms with E-state index in [0.29, 0.717) is 23.4 Å². The Labute approximate surface area is 174 Å². The van der Waals surface area contributed by atoms with E-state index in [1.54, 1.807) is 18.5 Å². The molecular weight excluding hydrogens is 378 g/mol. The molecule has 152 valence electrons. The van der Waals surface area contributed by atoms with Crippen LogP contribution in [0.4, 0.5) is 5.82 Å². The van der Waals surface area contributed by atoms with Crippen LogP contribution in [-0.2, 0) is 11.3 Å². The highest BCUT2D eigenvalue weighted by Gasteiger charge is 2.25. The molecule has 2 N–H and O–H groups in total. The van der Waals surface area contributed by atoms with Crippen molar-refractivity contribution in [2.45, 2.75) is 32.2 Å². The van der Waals surface area contributed by atoms with Crippen LogP contribution in [-0.4, -0.2) is 39.0 Å². The molecule has 1 amide bonds. The summed E-state index contributed by atoms with van der Waals surface area (Å²) < 4.78 is 0. The highest BCUT2D eigenvalue weighted by atomic mass is 16.1. The van der Waals surface area contributed by atoms with Crippen molar-refractivity contribution in [1.29, 1.82) is 5.26 Å². The Morgan fingerprint density at radius 1 is 1.23 bits per heavy atom. The van der Waals surface area contributed by atoms with E-state index in [0.717, 1.165) is 30.0 Å². The van der Waals surface area contributed by atoms with E-state index >= 15 is 0 Å². The number of benzene rings is 1. The van der Waals surface area contributed by atoms with Gasteiger partial charge in [0.25, 0.3) is 0 Å². The summed E-state index contributed by atoms with van der Waals surface area (Å²) in [6, 6.07) is 11.6. The summed E-state index contributed by atoms with van der Waals surface area (Å²) >= 11 is 0. The van der Waals surface area contributed by atoms with Crippen LogP contribution < -0.4 is 10.6 Å². The summed E-state index contributed by atoms with van der Waals surface area (Å²) in [7, 11) is 0. The van der Waals surface area contributed by atoms with Crippen LogP contribution in [0.2, 0.25) is 0 Å². The molecule has 8 nitrogen and oxygen atoms in total. The maximum absolute atomic E-state index is 12.2. The number of aryl methyl sites for hydroxylation is 1. The normalized spacial score (nSPS) is 14.5. The molecular formula is C22H23N7O. The molecule has 0 saturated carbocycles. The van der Waals surface area contributed by atoms with Crippen LogP contribution in [0.1, 0.15) is 46.7 Å². The average Bonchev–Trinajstić information content (AvgIpc) is 3.41. The monoisotopic (exact) mass is 401 g/mol. The minimum absolute atomic E-state index is 0.435. The molecule has 0 aliphatic carbocycles. The molecule has 1 saturated heterocycles. The van der Waals surface area contributed by atoms with Gasteiger partial charge in [-0.15, -0.1) is 0 Å². The molecule has 8 heteroatoms. The lowest BCUT2D eigenvalue weighted by atomic mass is 9.97. The van der Waals surface area contributed by atoms with Gasteiger partial charge in [-0.25, -0.2) is 4.98 Å². The van der Waals surface area contributed by atoms with Crippen LogP contribution >= 0.6 is 0 Å². The Morgan fingerprint density at radius 2 is 2.03 bits per heavy atom. The number of rotatable bonds is 6. The summed E-state index contributed by atoms with van der Waals surface area (Å²) in [6.45, 7) is 4.35. The van der Waals surface area contributed by atoms with Gasteiger partial charge in [-0.1, -0.05) is 18.2 Å². The van der Waals surface area contributed by atoms with Gasteiger partial charge in [0.2, 0.25) is 5.91 Å². The molecule has 1 aliphatic rings. The number of hydrogen-bond acceptors (Lipinski definition) is 6. The SMILES string of the molecule is Cc1cc(Cn2ncc(C(C(N)=O)c3ccc(N4CCCC4)nc3)n2)ccc1C#N. The van der Waals surface area contributed by atoms with Gasteiger partial charge < -0.3 is 10.6 Å². The second-order valence-corrected chi connectivity index (χ2v) is 7.54. The lowest BCUT2D eigenvalue weighted by Crippen LogP contribution is -2.24. The number of anilines is 1. The number of pyridine rings is 1. The third-order valence-corrected chi connectivity index (χ3v) is 5.40. The predicted molar refractivity (Wildman–Crippen MR) is 112 cm³/mol. The van der Waals surface area contributed by atoms with Gasteiger partial charge in [0, 0.05) is 19.3 Å². The van der Waals surface area contributed by atoms with Crippen LogP contribution in [0.25, 0.3) is 0 Å². The Hall–Kier alpha value is -3.73. The molecule has 4 rings (SSSR count). The van der Waals surface area contributed by atoms with Crippen molar-refractivity contribution in [3.05, 3.63) is 70.7 Å². The molecule has 3 heterocycles. The number of nitrogens with zero attached hydrogens (tertiary/aromatic N) is 6. The van der Waals surface area contributed by atoms with Crippen molar-refractivity contribution >= 4 is 11.7 Å². The highest BCUT2D eigenvalue weighted by Crippen LogP contribution is 2.25. The van der Waals surface area contributed by atoms with Crippen molar-refractivity contribution in [3.8, 4) is 6.07 Å². The van der Waals surface area contributed by atoms with Crippen molar-refractivity contribution in [3.63, 3.8) is 0 Å². The third-order valence-electron chi connectivity index (χ3n) is 5.40. The van der Waals surface area contributed by atoms with Crippen molar-refractivity contribution in [1.82, 2.24) is 20.0 Å². The van der Waals surface area contributed by atoms with Gasteiger partial charge in [0.05, 0.1) is 30.1 Å². The lowest BCUT2D eigenvalue weighted by Gasteiger charge is -2.17. The maximum atomic E-state index is 12.2. The average molecular weight is 401 g/mol. The summed E-state index contributed by atoms with van der Waals surface area (Å²) in [4.78, 5) is 20.5. The number of aromatic nitrogens is 4. The van der Waals surface area contributed by atoms with Crippen LogP contribution in [0.5, 0.6) is 0 Å². The number of amides is 1. The first kappa shape index (κ1) is 19.6. The van der Waals surface area contributed by atoms with Gasteiger partial charge in [-0.2, -0.15) is 20.3 Å². The molecule has 1 aliphatic heterocycles. The first-order valence-corrected chi connectivity index (χ1v) is 9.95. The largest absolute Gasteiger partial charge is 0.369 e. The van der Waals surface area contributed by atoms with E-state index in [2.05, 4.69) is 26.2 Å². The van der Waals surface area contributed by atoms with E-state index in [9.17, 15) is 4.79 Å². The summed E-state index contributed by atoms with van der Waals surface area (Å²) in [6.07, 6.45) is 5.62. The minimum Gasteiger partial charge on any atom is -0.369 e. The van der Waals surface area contributed by atoms with Gasteiger partial charge in [0.1, 0.15) is 11.7 Å². The van der Waals surface area contributed by atoms with E-state index in [1.165, 1.54) is 17.6 Å².